The lowest BCUT2D eigenvalue weighted by atomic mass is 9.94. The highest BCUT2D eigenvalue weighted by Crippen LogP contribution is 2.31. The Morgan fingerprint density at radius 3 is 2.73 bits per heavy atom. The van der Waals surface area contributed by atoms with Crippen LogP contribution in [0.4, 0.5) is 0 Å². The molecule has 1 aromatic heterocycles. The molecule has 0 saturated carbocycles. The maximum Gasteiger partial charge on any atom is 0.327 e. The van der Waals surface area contributed by atoms with Crippen molar-refractivity contribution in [1.29, 1.82) is 0 Å². The van der Waals surface area contributed by atoms with Crippen LogP contribution in [-0.4, -0.2) is 46.3 Å². The molecule has 1 aliphatic rings. The van der Waals surface area contributed by atoms with Crippen LogP contribution < -0.4 is 0 Å². The second kappa shape index (κ2) is 5.79. The zero-order chi connectivity index (χ0) is 15.7. The number of esters is 1. The molecule has 1 aromatic carbocycles. The van der Waals surface area contributed by atoms with Gasteiger partial charge < -0.3 is 9.64 Å². The fraction of sp³-hybridized carbons (Fsp3) is 0.438. The van der Waals surface area contributed by atoms with Gasteiger partial charge in [0, 0.05) is 31.3 Å². The van der Waals surface area contributed by atoms with Crippen molar-refractivity contribution in [2.45, 2.75) is 26.3 Å². The second-order valence-electron chi connectivity index (χ2n) is 5.49. The van der Waals surface area contributed by atoms with Crippen molar-refractivity contribution in [1.82, 2.24) is 14.7 Å². The Morgan fingerprint density at radius 2 is 2.05 bits per heavy atom. The average molecular weight is 301 g/mol. The minimum absolute atomic E-state index is 0.0894. The number of hydrogen-bond donors (Lipinski definition) is 0. The minimum Gasteiger partial charge on any atom is -0.465 e. The van der Waals surface area contributed by atoms with E-state index in [9.17, 15) is 9.59 Å². The van der Waals surface area contributed by atoms with Crippen LogP contribution in [0.1, 0.15) is 25.5 Å². The Morgan fingerprint density at radius 1 is 1.32 bits per heavy atom. The quantitative estimate of drug-likeness (QED) is 0.804. The summed E-state index contributed by atoms with van der Waals surface area (Å²) in [5, 5.41) is 5.65. The van der Waals surface area contributed by atoms with E-state index in [1.54, 1.807) is 23.4 Å². The Hall–Kier alpha value is -2.37. The first kappa shape index (κ1) is 14.6. The molecule has 1 aliphatic heterocycles. The van der Waals surface area contributed by atoms with Gasteiger partial charge in [-0.2, -0.15) is 5.10 Å². The van der Waals surface area contributed by atoms with Gasteiger partial charge in [0.1, 0.15) is 6.54 Å². The summed E-state index contributed by atoms with van der Waals surface area (Å²) in [5.41, 5.74) is 1.88. The zero-order valence-corrected chi connectivity index (χ0v) is 12.8. The number of aromatic nitrogens is 2. The number of carbonyl (C=O) groups excluding carboxylic acids is 2. The van der Waals surface area contributed by atoms with E-state index in [-0.39, 0.29) is 24.3 Å². The Labute approximate surface area is 128 Å². The van der Waals surface area contributed by atoms with Crippen molar-refractivity contribution in [3.63, 3.8) is 0 Å². The predicted octanol–water partition coefficient (Wildman–Crippen LogP) is 1.55. The number of likely N-dealkylation sites (tertiary alicyclic amines) is 1. The third-order valence-electron chi connectivity index (χ3n) is 3.98. The molecule has 0 bridgehead atoms. The molecule has 116 valence electrons. The normalized spacial score (nSPS) is 14.9. The first-order valence-corrected chi connectivity index (χ1v) is 7.46. The number of benzene rings is 1. The summed E-state index contributed by atoms with van der Waals surface area (Å²) in [5.74, 6) is 0.0324. The van der Waals surface area contributed by atoms with Gasteiger partial charge in [0.05, 0.1) is 17.8 Å². The number of nitrogens with zero attached hydrogens (tertiary/aromatic N) is 3. The van der Waals surface area contributed by atoms with Gasteiger partial charge in [-0.05, 0) is 13.0 Å². The number of amides is 1. The SMILES string of the molecule is CCOC(=O)Cn1nc(C2CN(C(C)=O)C2)c2ccccc21. The number of para-hydroxylation sites is 1. The number of hydrogen-bond acceptors (Lipinski definition) is 4. The highest BCUT2D eigenvalue weighted by Gasteiger charge is 2.33. The monoisotopic (exact) mass is 301 g/mol. The van der Waals surface area contributed by atoms with E-state index < -0.39 is 0 Å². The van der Waals surface area contributed by atoms with Gasteiger partial charge in [-0.25, -0.2) is 0 Å². The highest BCUT2D eigenvalue weighted by molar-refractivity contribution is 5.84. The molecule has 0 unspecified atom stereocenters. The molecule has 0 N–H and O–H groups in total. The lowest BCUT2D eigenvalue weighted by Gasteiger charge is -2.37. The van der Waals surface area contributed by atoms with Crippen LogP contribution >= 0.6 is 0 Å². The summed E-state index contributed by atoms with van der Waals surface area (Å²) in [7, 11) is 0. The topological polar surface area (TPSA) is 64.4 Å². The smallest absolute Gasteiger partial charge is 0.327 e. The number of ether oxygens (including phenoxy) is 1. The second-order valence-corrected chi connectivity index (χ2v) is 5.49. The molecule has 22 heavy (non-hydrogen) atoms. The first-order chi connectivity index (χ1) is 10.6. The molecule has 1 fully saturated rings. The molecule has 3 rings (SSSR count). The first-order valence-electron chi connectivity index (χ1n) is 7.46. The van der Waals surface area contributed by atoms with E-state index in [2.05, 4.69) is 5.10 Å². The van der Waals surface area contributed by atoms with Gasteiger partial charge in [-0.3, -0.25) is 14.3 Å². The highest BCUT2D eigenvalue weighted by atomic mass is 16.5. The van der Waals surface area contributed by atoms with Crippen LogP contribution in [0.5, 0.6) is 0 Å². The maximum absolute atomic E-state index is 11.7. The summed E-state index contributed by atoms with van der Waals surface area (Å²) in [6.45, 7) is 5.22. The molecule has 6 heteroatoms. The molecule has 1 saturated heterocycles. The van der Waals surface area contributed by atoms with Crippen LogP contribution in [0.2, 0.25) is 0 Å². The standard InChI is InChI=1S/C16H19N3O3/c1-3-22-15(21)10-19-14-7-5-4-6-13(14)16(17-19)12-8-18(9-12)11(2)20/h4-7,12H,3,8-10H2,1-2H3. The average Bonchev–Trinajstić information content (AvgIpc) is 2.76. The lowest BCUT2D eigenvalue weighted by molar-refractivity contribution is -0.143. The maximum atomic E-state index is 11.7. The molecular formula is C16H19N3O3. The summed E-state index contributed by atoms with van der Waals surface area (Å²) < 4.78 is 6.69. The molecule has 0 radical (unpaired) electrons. The molecule has 0 atom stereocenters. The molecule has 0 spiro atoms. The van der Waals surface area contributed by atoms with Crippen LogP contribution in [0.3, 0.4) is 0 Å². The van der Waals surface area contributed by atoms with Crippen molar-refractivity contribution < 1.29 is 14.3 Å². The molecule has 0 aliphatic carbocycles. The van der Waals surface area contributed by atoms with Crippen LogP contribution in [0, 0.1) is 0 Å². The van der Waals surface area contributed by atoms with Gasteiger partial charge in [0.15, 0.2) is 0 Å². The molecule has 6 nitrogen and oxygen atoms in total. The Balaban J connectivity index is 1.88. The summed E-state index contributed by atoms with van der Waals surface area (Å²) in [6.07, 6.45) is 0. The van der Waals surface area contributed by atoms with Crippen molar-refractivity contribution >= 4 is 22.8 Å². The summed E-state index contributed by atoms with van der Waals surface area (Å²) in [4.78, 5) is 24.8. The van der Waals surface area contributed by atoms with Gasteiger partial charge in [-0.15, -0.1) is 0 Å². The largest absolute Gasteiger partial charge is 0.465 e. The fourth-order valence-corrected chi connectivity index (χ4v) is 2.81. The van der Waals surface area contributed by atoms with E-state index in [0.717, 1.165) is 16.6 Å². The van der Waals surface area contributed by atoms with E-state index in [4.69, 9.17) is 4.74 Å². The third kappa shape index (κ3) is 2.56. The van der Waals surface area contributed by atoms with Gasteiger partial charge in [0.2, 0.25) is 5.91 Å². The number of fused-ring (bicyclic) bond motifs is 1. The van der Waals surface area contributed by atoms with Crippen LogP contribution in [0.25, 0.3) is 10.9 Å². The minimum atomic E-state index is -0.290. The van der Waals surface area contributed by atoms with Gasteiger partial charge in [-0.1, -0.05) is 18.2 Å². The van der Waals surface area contributed by atoms with Crippen molar-refractivity contribution in [3.05, 3.63) is 30.0 Å². The number of rotatable bonds is 4. The van der Waals surface area contributed by atoms with E-state index in [1.165, 1.54) is 0 Å². The van der Waals surface area contributed by atoms with Crippen molar-refractivity contribution in [2.24, 2.45) is 0 Å². The van der Waals surface area contributed by atoms with Gasteiger partial charge >= 0.3 is 5.97 Å². The van der Waals surface area contributed by atoms with E-state index in [1.807, 2.05) is 24.3 Å². The van der Waals surface area contributed by atoms with Gasteiger partial charge in [0.25, 0.3) is 0 Å². The van der Waals surface area contributed by atoms with Crippen molar-refractivity contribution in [3.8, 4) is 0 Å². The van der Waals surface area contributed by atoms with E-state index in [0.29, 0.717) is 19.7 Å². The lowest BCUT2D eigenvalue weighted by Crippen LogP contribution is -2.47. The molecule has 1 amide bonds. The van der Waals surface area contributed by atoms with E-state index >= 15 is 0 Å². The Kier molecular flexibility index (Phi) is 3.83. The fourth-order valence-electron chi connectivity index (χ4n) is 2.81. The van der Waals surface area contributed by atoms with Crippen LogP contribution in [-0.2, 0) is 20.9 Å². The molecular weight excluding hydrogens is 282 g/mol. The molecule has 2 aromatic rings. The molecule has 2 heterocycles. The predicted molar refractivity (Wildman–Crippen MR) is 81.4 cm³/mol. The summed E-state index contributed by atoms with van der Waals surface area (Å²) >= 11 is 0. The van der Waals surface area contributed by atoms with Crippen molar-refractivity contribution in [2.75, 3.05) is 19.7 Å². The third-order valence-corrected chi connectivity index (χ3v) is 3.98. The summed E-state index contributed by atoms with van der Waals surface area (Å²) in [6, 6.07) is 7.85. The zero-order valence-electron chi connectivity index (χ0n) is 12.8. The number of carbonyl (C=O) groups is 2. The Bertz CT molecular complexity index is 716. The van der Waals surface area contributed by atoms with Crippen LogP contribution in [0.15, 0.2) is 24.3 Å².